The lowest BCUT2D eigenvalue weighted by molar-refractivity contribution is 0.249. The molecule has 3 aromatic heterocycles. The van der Waals surface area contributed by atoms with E-state index in [9.17, 15) is 0 Å². The quantitative estimate of drug-likeness (QED) is 0.793. The van der Waals surface area contributed by atoms with Gasteiger partial charge in [-0.3, -0.25) is 15.0 Å². The molecule has 6 nitrogen and oxygen atoms in total. The third-order valence-electron chi connectivity index (χ3n) is 4.53. The predicted octanol–water partition coefficient (Wildman–Crippen LogP) is 2.64. The van der Waals surface area contributed by atoms with Crippen molar-refractivity contribution < 1.29 is 0 Å². The smallest absolute Gasteiger partial charge is 0.181 e. The Morgan fingerprint density at radius 2 is 2.04 bits per heavy atom. The molecule has 24 heavy (non-hydrogen) atoms. The van der Waals surface area contributed by atoms with E-state index in [1.165, 1.54) is 5.56 Å². The number of H-pyrrole nitrogens is 1. The molecule has 1 saturated heterocycles. The second-order valence-corrected chi connectivity index (χ2v) is 6.56. The van der Waals surface area contributed by atoms with Crippen LogP contribution in [0.4, 0.5) is 5.69 Å². The van der Waals surface area contributed by atoms with E-state index in [0.717, 1.165) is 60.2 Å². The van der Waals surface area contributed by atoms with Gasteiger partial charge in [0.2, 0.25) is 0 Å². The van der Waals surface area contributed by atoms with Crippen LogP contribution in [0.5, 0.6) is 0 Å². The van der Waals surface area contributed by atoms with Gasteiger partial charge in [-0.25, -0.2) is 4.98 Å². The van der Waals surface area contributed by atoms with Crippen LogP contribution in [0.25, 0.3) is 11.0 Å². The van der Waals surface area contributed by atoms with Gasteiger partial charge in [0.05, 0.1) is 10.7 Å². The van der Waals surface area contributed by atoms with Crippen molar-refractivity contribution in [2.24, 2.45) is 0 Å². The molecule has 1 fully saturated rings. The summed E-state index contributed by atoms with van der Waals surface area (Å²) < 4.78 is 0. The molecular weight excluding hydrogens is 324 g/mol. The fourth-order valence-corrected chi connectivity index (χ4v) is 3.42. The first-order chi connectivity index (χ1) is 11.7. The van der Waals surface area contributed by atoms with Crippen LogP contribution in [0.2, 0.25) is 5.02 Å². The number of anilines is 1. The molecule has 1 aliphatic heterocycles. The van der Waals surface area contributed by atoms with Gasteiger partial charge in [-0.15, -0.1) is 0 Å². The summed E-state index contributed by atoms with van der Waals surface area (Å²) in [5.41, 5.74) is 4.15. The number of aryl methyl sites for hydroxylation is 1. The molecule has 0 aromatic carbocycles. The molecule has 0 amide bonds. The Morgan fingerprint density at radius 3 is 2.83 bits per heavy atom. The maximum Gasteiger partial charge on any atom is 0.181 e. The number of halogens is 1. The van der Waals surface area contributed by atoms with Crippen molar-refractivity contribution >= 4 is 28.3 Å². The Bertz CT molecular complexity index is 853. The lowest BCUT2D eigenvalue weighted by Gasteiger charge is -2.36. The standard InChI is InChI=1S/C17H19ClN6/c1-12-14-8-13(9-20-17(14)22-21-12)11-23-4-6-24(7-5-23)16-2-3-19-10-15(16)18/h2-3,8-10H,4-7,11H2,1H3,(H,20,21,22). The first-order valence-corrected chi connectivity index (χ1v) is 8.45. The molecule has 3 aromatic rings. The summed E-state index contributed by atoms with van der Waals surface area (Å²) in [6, 6.07) is 4.17. The molecule has 1 aliphatic rings. The predicted molar refractivity (Wildman–Crippen MR) is 95.4 cm³/mol. The van der Waals surface area contributed by atoms with Crippen LogP contribution in [0.15, 0.2) is 30.7 Å². The zero-order valence-electron chi connectivity index (χ0n) is 13.5. The minimum atomic E-state index is 0.719. The van der Waals surface area contributed by atoms with Gasteiger partial charge in [-0.1, -0.05) is 11.6 Å². The number of aromatic amines is 1. The molecular formula is C17H19ClN6. The number of pyridine rings is 2. The van der Waals surface area contributed by atoms with Gasteiger partial charge in [0, 0.05) is 62.4 Å². The van der Waals surface area contributed by atoms with Gasteiger partial charge in [0.15, 0.2) is 5.65 Å². The molecule has 0 spiro atoms. The lowest BCUT2D eigenvalue weighted by Crippen LogP contribution is -2.46. The minimum absolute atomic E-state index is 0.719. The summed E-state index contributed by atoms with van der Waals surface area (Å²) in [4.78, 5) is 13.3. The molecule has 1 N–H and O–H groups in total. The van der Waals surface area contributed by atoms with Crippen LogP contribution in [-0.4, -0.2) is 51.2 Å². The first kappa shape index (κ1) is 15.4. The highest BCUT2D eigenvalue weighted by atomic mass is 35.5. The number of rotatable bonds is 3. The Balaban J connectivity index is 1.42. The molecule has 0 saturated carbocycles. The molecule has 4 rings (SSSR count). The van der Waals surface area contributed by atoms with E-state index in [-0.39, 0.29) is 0 Å². The molecule has 0 radical (unpaired) electrons. The van der Waals surface area contributed by atoms with Gasteiger partial charge in [0.25, 0.3) is 0 Å². The van der Waals surface area contributed by atoms with Crippen LogP contribution >= 0.6 is 11.6 Å². The Kier molecular flexibility index (Phi) is 4.08. The lowest BCUT2D eigenvalue weighted by atomic mass is 10.2. The SMILES string of the molecule is Cc1[nH]nc2ncc(CN3CCN(c4ccncc4Cl)CC3)cc12. The van der Waals surface area contributed by atoms with E-state index in [0.29, 0.717) is 0 Å². The number of piperazine rings is 1. The van der Waals surface area contributed by atoms with E-state index in [1.807, 2.05) is 19.2 Å². The van der Waals surface area contributed by atoms with E-state index in [2.05, 4.69) is 36.0 Å². The second kappa shape index (κ2) is 6.37. The Labute approximate surface area is 145 Å². The fourth-order valence-electron chi connectivity index (χ4n) is 3.18. The van der Waals surface area contributed by atoms with Crippen LogP contribution in [-0.2, 0) is 6.54 Å². The van der Waals surface area contributed by atoms with Gasteiger partial charge in [-0.05, 0) is 24.6 Å². The van der Waals surface area contributed by atoms with Crippen molar-refractivity contribution in [3.05, 3.63) is 47.0 Å². The highest BCUT2D eigenvalue weighted by Gasteiger charge is 2.19. The van der Waals surface area contributed by atoms with Crippen LogP contribution in [0.3, 0.4) is 0 Å². The topological polar surface area (TPSA) is 60.9 Å². The summed E-state index contributed by atoms with van der Waals surface area (Å²) in [5.74, 6) is 0. The van der Waals surface area contributed by atoms with Crippen molar-refractivity contribution in [3.63, 3.8) is 0 Å². The second-order valence-electron chi connectivity index (χ2n) is 6.15. The highest BCUT2D eigenvalue weighted by Crippen LogP contribution is 2.25. The summed E-state index contributed by atoms with van der Waals surface area (Å²) >= 11 is 6.25. The van der Waals surface area contributed by atoms with E-state index in [4.69, 9.17) is 11.6 Å². The van der Waals surface area contributed by atoms with Crippen LogP contribution in [0, 0.1) is 6.92 Å². The molecule has 0 unspecified atom stereocenters. The maximum absolute atomic E-state index is 6.25. The monoisotopic (exact) mass is 342 g/mol. The van der Waals surface area contributed by atoms with Gasteiger partial charge in [-0.2, -0.15) is 5.10 Å². The summed E-state index contributed by atoms with van der Waals surface area (Å²) in [6.45, 7) is 6.86. The number of fused-ring (bicyclic) bond motifs is 1. The van der Waals surface area contributed by atoms with E-state index < -0.39 is 0 Å². The van der Waals surface area contributed by atoms with Crippen LogP contribution < -0.4 is 4.90 Å². The third-order valence-corrected chi connectivity index (χ3v) is 4.82. The van der Waals surface area contributed by atoms with E-state index in [1.54, 1.807) is 12.4 Å². The average Bonchev–Trinajstić information content (AvgIpc) is 2.97. The molecule has 0 bridgehead atoms. The Hall–Kier alpha value is -2.18. The molecule has 0 aliphatic carbocycles. The summed E-state index contributed by atoms with van der Waals surface area (Å²) in [7, 11) is 0. The first-order valence-electron chi connectivity index (χ1n) is 8.07. The third kappa shape index (κ3) is 2.95. The van der Waals surface area contributed by atoms with Gasteiger partial charge >= 0.3 is 0 Å². The normalized spacial score (nSPS) is 16.0. The summed E-state index contributed by atoms with van der Waals surface area (Å²) in [6.07, 6.45) is 5.42. The number of aromatic nitrogens is 4. The zero-order valence-corrected chi connectivity index (χ0v) is 14.3. The number of nitrogens with one attached hydrogen (secondary N) is 1. The van der Waals surface area contributed by atoms with Gasteiger partial charge in [0.1, 0.15) is 0 Å². The molecule has 0 atom stereocenters. The van der Waals surface area contributed by atoms with Crippen molar-refractivity contribution in [2.45, 2.75) is 13.5 Å². The maximum atomic E-state index is 6.25. The molecule has 7 heteroatoms. The number of hydrogen-bond donors (Lipinski definition) is 1. The van der Waals surface area contributed by atoms with Crippen LogP contribution in [0.1, 0.15) is 11.3 Å². The zero-order chi connectivity index (χ0) is 16.5. The number of nitrogens with zero attached hydrogens (tertiary/aromatic N) is 5. The molecule has 124 valence electrons. The largest absolute Gasteiger partial charge is 0.368 e. The summed E-state index contributed by atoms with van der Waals surface area (Å²) in [5, 5.41) is 8.99. The average molecular weight is 343 g/mol. The minimum Gasteiger partial charge on any atom is -0.368 e. The van der Waals surface area contributed by atoms with Crippen molar-refractivity contribution in [2.75, 3.05) is 31.1 Å². The van der Waals surface area contributed by atoms with Crippen molar-refractivity contribution in [1.29, 1.82) is 0 Å². The van der Waals surface area contributed by atoms with Crippen molar-refractivity contribution in [1.82, 2.24) is 25.1 Å². The highest BCUT2D eigenvalue weighted by molar-refractivity contribution is 6.33. The van der Waals surface area contributed by atoms with Crippen molar-refractivity contribution in [3.8, 4) is 0 Å². The van der Waals surface area contributed by atoms with E-state index >= 15 is 0 Å². The molecule has 4 heterocycles. The fraction of sp³-hybridized carbons (Fsp3) is 0.353. The number of hydrogen-bond acceptors (Lipinski definition) is 5. The van der Waals surface area contributed by atoms with Gasteiger partial charge < -0.3 is 4.90 Å². The Morgan fingerprint density at radius 1 is 1.21 bits per heavy atom.